The van der Waals surface area contributed by atoms with E-state index < -0.39 is 0 Å². The standard InChI is InChI=1S/C8H16O.C7H16O2/c1-7(2)5-6-9-8(3)4;1-6(2)8-5-9-7(3)4/h5-8H,1-4H3;6-7H,5H2,1-4H3/b6-5-;. The van der Waals surface area contributed by atoms with Crippen molar-refractivity contribution in [1.29, 1.82) is 0 Å². The van der Waals surface area contributed by atoms with E-state index in [1.165, 1.54) is 0 Å². The predicted molar refractivity (Wildman–Crippen MR) is 77.5 cm³/mol. The van der Waals surface area contributed by atoms with E-state index in [0.717, 1.165) is 0 Å². The van der Waals surface area contributed by atoms with Crippen LogP contribution in [0.25, 0.3) is 0 Å². The van der Waals surface area contributed by atoms with Crippen molar-refractivity contribution in [3.63, 3.8) is 0 Å². The van der Waals surface area contributed by atoms with Crippen LogP contribution in [0, 0.1) is 5.92 Å². The Morgan fingerprint density at radius 1 is 0.722 bits per heavy atom. The first-order valence-electron chi connectivity index (χ1n) is 6.81. The zero-order valence-electron chi connectivity index (χ0n) is 13.4. The molecular formula is C15H32O3. The van der Waals surface area contributed by atoms with Crippen LogP contribution in [0.3, 0.4) is 0 Å². The second-order valence-electron chi connectivity index (χ2n) is 5.31. The number of rotatable bonds is 7. The molecule has 0 rings (SSSR count). The van der Waals surface area contributed by atoms with Gasteiger partial charge in [-0.05, 0) is 53.5 Å². The normalized spacial score (nSPS) is 11.6. The van der Waals surface area contributed by atoms with E-state index in [1.54, 1.807) is 6.26 Å². The summed E-state index contributed by atoms with van der Waals surface area (Å²) >= 11 is 0. The molecule has 0 fully saturated rings. The van der Waals surface area contributed by atoms with E-state index in [4.69, 9.17) is 14.2 Å². The Hall–Kier alpha value is -0.540. The molecule has 110 valence electrons. The summed E-state index contributed by atoms with van der Waals surface area (Å²) in [6.07, 6.45) is 4.66. The Labute approximate surface area is 114 Å². The van der Waals surface area contributed by atoms with Crippen LogP contribution < -0.4 is 0 Å². The maximum absolute atomic E-state index is 5.17. The molecule has 0 amide bonds. The lowest BCUT2D eigenvalue weighted by Crippen LogP contribution is -2.11. The van der Waals surface area contributed by atoms with E-state index >= 15 is 0 Å². The Kier molecular flexibility index (Phi) is 14.2. The molecule has 3 heteroatoms. The summed E-state index contributed by atoms with van der Waals surface area (Å²) in [6, 6.07) is 0. The highest BCUT2D eigenvalue weighted by molar-refractivity contribution is 4.77. The molecule has 0 aromatic carbocycles. The number of hydrogen-bond acceptors (Lipinski definition) is 3. The molecule has 18 heavy (non-hydrogen) atoms. The van der Waals surface area contributed by atoms with E-state index in [2.05, 4.69) is 13.8 Å². The van der Waals surface area contributed by atoms with Crippen molar-refractivity contribution < 1.29 is 14.2 Å². The molecule has 0 atom stereocenters. The first kappa shape index (κ1) is 19.8. The highest BCUT2D eigenvalue weighted by Crippen LogP contribution is 1.95. The first-order chi connectivity index (χ1) is 8.25. The lowest BCUT2D eigenvalue weighted by molar-refractivity contribution is -0.0994. The van der Waals surface area contributed by atoms with Crippen molar-refractivity contribution in [2.75, 3.05) is 6.79 Å². The van der Waals surface area contributed by atoms with E-state index in [0.29, 0.717) is 18.8 Å². The third kappa shape index (κ3) is 24.6. The summed E-state index contributed by atoms with van der Waals surface area (Å²) in [5.41, 5.74) is 0. The fourth-order valence-electron chi connectivity index (χ4n) is 0.671. The van der Waals surface area contributed by atoms with Gasteiger partial charge < -0.3 is 14.2 Å². The minimum Gasteiger partial charge on any atom is -0.499 e. The molecular weight excluding hydrogens is 228 g/mol. The molecule has 0 unspecified atom stereocenters. The third-order valence-corrected chi connectivity index (χ3v) is 1.62. The fourth-order valence-corrected chi connectivity index (χ4v) is 0.671. The van der Waals surface area contributed by atoms with Gasteiger partial charge in [0.05, 0.1) is 24.6 Å². The van der Waals surface area contributed by atoms with E-state index in [9.17, 15) is 0 Å². The van der Waals surface area contributed by atoms with Gasteiger partial charge in [-0.2, -0.15) is 0 Å². The predicted octanol–water partition coefficient (Wildman–Crippen LogP) is 4.38. The van der Waals surface area contributed by atoms with Gasteiger partial charge in [0.15, 0.2) is 0 Å². The monoisotopic (exact) mass is 260 g/mol. The summed E-state index contributed by atoms with van der Waals surface area (Å²) in [4.78, 5) is 0. The van der Waals surface area contributed by atoms with Crippen molar-refractivity contribution in [3.05, 3.63) is 12.3 Å². The minimum absolute atomic E-state index is 0.267. The largest absolute Gasteiger partial charge is 0.499 e. The number of hydrogen-bond donors (Lipinski definition) is 0. The van der Waals surface area contributed by atoms with Gasteiger partial charge in [0, 0.05) is 0 Å². The second kappa shape index (κ2) is 12.9. The quantitative estimate of drug-likeness (QED) is 0.502. The summed E-state index contributed by atoms with van der Waals surface area (Å²) in [5, 5.41) is 0. The van der Waals surface area contributed by atoms with Crippen LogP contribution >= 0.6 is 0 Å². The summed E-state index contributed by atoms with van der Waals surface area (Å²) in [7, 11) is 0. The Balaban J connectivity index is 0. The number of ether oxygens (including phenoxy) is 3. The van der Waals surface area contributed by atoms with Crippen LogP contribution in [0.2, 0.25) is 0 Å². The lowest BCUT2D eigenvalue weighted by Gasteiger charge is -2.09. The van der Waals surface area contributed by atoms with E-state index in [1.807, 2.05) is 47.6 Å². The zero-order valence-corrected chi connectivity index (χ0v) is 13.4. The topological polar surface area (TPSA) is 27.7 Å². The average molecular weight is 260 g/mol. The Morgan fingerprint density at radius 2 is 1.17 bits per heavy atom. The van der Waals surface area contributed by atoms with Crippen molar-refractivity contribution in [2.45, 2.75) is 73.7 Å². The first-order valence-corrected chi connectivity index (χ1v) is 6.81. The smallest absolute Gasteiger partial charge is 0.147 e. The molecule has 0 aromatic heterocycles. The van der Waals surface area contributed by atoms with Crippen LogP contribution in [0.1, 0.15) is 55.4 Å². The average Bonchev–Trinajstić information content (AvgIpc) is 2.15. The van der Waals surface area contributed by atoms with Crippen molar-refractivity contribution in [1.82, 2.24) is 0 Å². The molecule has 3 nitrogen and oxygen atoms in total. The van der Waals surface area contributed by atoms with Crippen LogP contribution in [0.4, 0.5) is 0 Å². The van der Waals surface area contributed by atoms with Gasteiger partial charge in [0.2, 0.25) is 0 Å². The second-order valence-corrected chi connectivity index (χ2v) is 5.31. The van der Waals surface area contributed by atoms with Crippen molar-refractivity contribution in [2.24, 2.45) is 5.92 Å². The van der Waals surface area contributed by atoms with E-state index in [-0.39, 0.29) is 12.2 Å². The van der Waals surface area contributed by atoms with Crippen LogP contribution in [0.15, 0.2) is 12.3 Å². The molecule has 0 heterocycles. The maximum atomic E-state index is 5.17. The van der Waals surface area contributed by atoms with Crippen LogP contribution in [0.5, 0.6) is 0 Å². The summed E-state index contributed by atoms with van der Waals surface area (Å²) in [6.45, 7) is 16.7. The molecule has 0 aliphatic rings. The molecule has 0 aliphatic heterocycles. The summed E-state index contributed by atoms with van der Waals surface area (Å²) in [5.74, 6) is 0.587. The zero-order chi connectivity index (χ0) is 14.6. The highest BCUT2D eigenvalue weighted by Gasteiger charge is 1.94. The molecule has 0 spiro atoms. The van der Waals surface area contributed by atoms with Gasteiger partial charge in [-0.25, -0.2) is 0 Å². The molecule has 0 saturated carbocycles. The summed E-state index contributed by atoms with van der Waals surface area (Å²) < 4.78 is 15.4. The molecule has 0 N–H and O–H groups in total. The van der Waals surface area contributed by atoms with Crippen molar-refractivity contribution >= 4 is 0 Å². The SMILES string of the molecule is CC(C)/C=C\OC(C)C.CC(C)OCOC(C)C. The molecule has 0 saturated heterocycles. The van der Waals surface area contributed by atoms with Crippen LogP contribution in [-0.2, 0) is 14.2 Å². The van der Waals surface area contributed by atoms with Gasteiger partial charge in [-0.1, -0.05) is 13.8 Å². The molecule has 0 radical (unpaired) electrons. The van der Waals surface area contributed by atoms with Gasteiger partial charge in [0.25, 0.3) is 0 Å². The van der Waals surface area contributed by atoms with Gasteiger partial charge in [-0.3, -0.25) is 0 Å². The van der Waals surface area contributed by atoms with Gasteiger partial charge in [-0.15, -0.1) is 0 Å². The highest BCUT2D eigenvalue weighted by atomic mass is 16.7. The third-order valence-electron chi connectivity index (χ3n) is 1.62. The van der Waals surface area contributed by atoms with Gasteiger partial charge >= 0.3 is 0 Å². The molecule has 0 aliphatic carbocycles. The Bertz CT molecular complexity index is 176. The Morgan fingerprint density at radius 3 is 1.44 bits per heavy atom. The van der Waals surface area contributed by atoms with Crippen molar-refractivity contribution in [3.8, 4) is 0 Å². The maximum Gasteiger partial charge on any atom is 0.147 e. The van der Waals surface area contributed by atoms with Crippen LogP contribution in [-0.4, -0.2) is 25.1 Å². The fraction of sp³-hybridized carbons (Fsp3) is 0.867. The molecule has 0 bridgehead atoms. The molecule has 0 aromatic rings. The van der Waals surface area contributed by atoms with Gasteiger partial charge in [0.1, 0.15) is 6.79 Å². The lowest BCUT2D eigenvalue weighted by atomic mass is 10.2. The minimum atomic E-state index is 0.267. The number of allylic oxidation sites excluding steroid dienone is 1.